The van der Waals surface area contributed by atoms with Crippen molar-refractivity contribution in [1.29, 1.82) is 0 Å². The summed E-state index contributed by atoms with van der Waals surface area (Å²) in [6.07, 6.45) is 0. The molecule has 0 atom stereocenters. The van der Waals surface area contributed by atoms with Crippen LogP contribution in [-0.2, 0) is 28.4 Å². The highest BCUT2D eigenvalue weighted by molar-refractivity contribution is 5.93. The minimum Gasteiger partial charge on any atom is -0.491 e. The summed E-state index contributed by atoms with van der Waals surface area (Å²) in [6.45, 7) is 5.99. The van der Waals surface area contributed by atoms with Gasteiger partial charge in [0, 0.05) is 6.07 Å². The molecule has 1 N–H and O–H groups in total. The molecular formula is C33H42O12. The normalized spacial score (nSPS) is 18.0. The van der Waals surface area contributed by atoms with Gasteiger partial charge in [0.1, 0.15) is 49.4 Å². The van der Waals surface area contributed by atoms with E-state index < -0.39 is 5.97 Å². The lowest BCUT2D eigenvalue weighted by Crippen LogP contribution is -2.15. The third-order valence-corrected chi connectivity index (χ3v) is 6.41. The zero-order valence-corrected chi connectivity index (χ0v) is 25.4. The van der Waals surface area contributed by atoms with E-state index in [4.69, 9.17) is 47.4 Å². The van der Waals surface area contributed by atoms with Gasteiger partial charge in [-0.15, -0.1) is 0 Å². The molecule has 2 bridgehead atoms. The smallest absolute Gasteiger partial charge is 0.335 e. The van der Waals surface area contributed by atoms with Crippen molar-refractivity contribution in [3.63, 3.8) is 0 Å². The molecule has 0 aromatic heterocycles. The minimum absolute atomic E-state index is 0.0630. The number of rotatable bonds is 1. The summed E-state index contributed by atoms with van der Waals surface area (Å²) in [4.78, 5) is 11.5. The maximum atomic E-state index is 11.5. The van der Waals surface area contributed by atoms with Gasteiger partial charge in [-0.1, -0.05) is 24.3 Å². The molecule has 1 aliphatic heterocycles. The summed E-state index contributed by atoms with van der Waals surface area (Å²) in [5.74, 6) is 1.13. The van der Waals surface area contributed by atoms with Gasteiger partial charge in [-0.05, 0) is 29.7 Å². The summed E-state index contributed by atoms with van der Waals surface area (Å²) in [5, 5.41) is 11.4. The number of fused-ring (bicyclic) bond motifs is 2. The Kier molecular flexibility index (Phi) is 15.5. The SMILES string of the molecule is O=C(O)c1cc2cc(c1)OCCOCCOCCOCCOc1cccc3cccc(c13)OCCOCCOCCOCCO2. The Bertz CT molecular complexity index is 1200. The second kappa shape index (κ2) is 20.4. The van der Waals surface area contributed by atoms with E-state index in [0.29, 0.717) is 104 Å². The number of carboxylic acid groups (broad SMARTS) is 1. The zero-order valence-electron chi connectivity index (χ0n) is 25.4. The third kappa shape index (κ3) is 12.7. The number of carbonyl (C=O) groups is 1. The fourth-order valence-corrected chi connectivity index (χ4v) is 4.32. The van der Waals surface area contributed by atoms with Gasteiger partial charge in [-0.3, -0.25) is 0 Å². The molecule has 12 heteroatoms. The van der Waals surface area contributed by atoms with E-state index in [9.17, 15) is 9.90 Å². The average Bonchev–Trinajstić information content (AvgIpc) is 3.05. The van der Waals surface area contributed by atoms with Crippen molar-refractivity contribution in [2.24, 2.45) is 0 Å². The zero-order chi connectivity index (χ0) is 31.4. The Morgan fingerprint density at radius 1 is 0.467 bits per heavy atom. The van der Waals surface area contributed by atoms with Crippen molar-refractivity contribution in [2.45, 2.75) is 0 Å². The minimum atomic E-state index is -1.08. The monoisotopic (exact) mass is 630 g/mol. The Hall–Kier alpha value is -3.65. The van der Waals surface area contributed by atoms with Crippen molar-refractivity contribution < 1.29 is 57.3 Å². The van der Waals surface area contributed by atoms with Crippen LogP contribution in [0.3, 0.4) is 0 Å². The van der Waals surface area contributed by atoms with Crippen LogP contribution in [0.15, 0.2) is 54.6 Å². The fraction of sp³-hybridized carbons (Fsp3) is 0.485. The van der Waals surface area contributed by atoms with Crippen molar-refractivity contribution in [1.82, 2.24) is 0 Å². The first-order valence-electron chi connectivity index (χ1n) is 15.1. The molecule has 0 saturated carbocycles. The number of aromatic carboxylic acids is 1. The van der Waals surface area contributed by atoms with E-state index in [1.165, 1.54) is 12.1 Å². The van der Waals surface area contributed by atoms with Crippen LogP contribution in [0.1, 0.15) is 10.4 Å². The van der Waals surface area contributed by atoms with Crippen LogP contribution >= 0.6 is 0 Å². The van der Waals surface area contributed by atoms with Gasteiger partial charge in [0.2, 0.25) is 0 Å². The molecule has 0 aliphatic carbocycles. The molecule has 4 rings (SSSR count). The number of hydrogen-bond acceptors (Lipinski definition) is 11. The molecule has 0 unspecified atom stereocenters. The molecule has 0 radical (unpaired) electrons. The molecule has 1 aliphatic rings. The van der Waals surface area contributed by atoms with Crippen molar-refractivity contribution in [3.8, 4) is 23.0 Å². The van der Waals surface area contributed by atoms with E-state index in [2.05, 4.69) is 0 Å². The molecule has 0 fully saturated rings. The number of benzene rings is 3. The lowest BCUT2D eigenvalue weighted by Gasteiger charge is -2.14. The Morgan fingerprint density at radius 3 is 1.20 bits per heavy atom. The first-order chi connectivity index (χ1) is 22.2. The third-order valence-electron chi connectivity index (χ3n) is 6.41. The van der Waals surface area contributed by atoms with Crippen LogP contribution in [0.25, 0.3) is 10.8 Å². The highest BCUT2D eigenvalue weighted by Gasteiger charge is 2.11. The molecule has 12 nitrogen and oxygen atoms in total. The molecule has 0 saturated heterocycles. The maximum absolute atomic E-state index is 11.5. The highest BCUT2D eigenvalue weighted by Crippen LogP contribution is 2.34. The van der Waals surface area contributed by atoms with Crippen molar-refractivity contribution in [2.75, 3.05) is 106 Å². The van der Waals surface area contributed by atoms with Gasteiger partial charge in [-0.2, -0.15) is 0 Å². The Labute approximate surface area is 262 Å². The number of hydrogen-bond donors (Lipinski definition) is 1. The van der Waals surface area contributed by atoms with Gasteiger partial charge in [-0.25, -0.2) is 4.79 Å². The number of ether oxygens (including phenoxy) is 10. The Balaban J connectivity index is 1.24. The van der Waals surface area contributed by atoms with E-state index in [1.54, 1.807) is 6.07 Å². The number of carboxylic acids is 1. The van der Waals surface area contributed by atoms with Gasteiger partial charge < -0.3 is 52.5 Å². The maximum Gasteiger partial charge on any atom is 0.335 e. The van der Waals surface area contributed by atoms with Gasteiger partial charge in [0.15, 0.2) is 0 Å². The van der Waals surface area contributed by atoms with Crippen LogP contribution in [-0.4, -0.2) is 117 Å². The van der Waals surface area contributed by atoms with Crippen molar-refractivity contribution >= 4 is 16.7 Å². The molecule has 0 spiro atoms. The van der Waals surface area contributed by atoms with Crippen molar-refractivity contribution in [3.05, 3.63) is 60.2 Å². The predicted molar refractivity (Wildman–Crippen MR) is 164 cm³/mol. The lowest BCUT2D eigenvalue weighted by atomic mass is 10.1. The average molecular weight is 631 g/mol. The molecule has 3 aromatic carbocycles. The quantitative estimate of drug-likeness (QED) is 0.419. The van der Waals surface area contributed by atoms with E-state index in [-0.39, 0.29) is 18.8 Å². The molecular weight excluding hydrogens is 588 g/mol. The van der Waals surface area contributed by atoms with E-state index in [1.807, 2.05) is 36.4 Å². The van der Waals surface area contributed by atoms with Gasteiger partial charge >= 0.3 is 5.97 Å². The summed E-state index contributed by atoms with van der Waals surface area (Å²) in [7, 11) is 0. The molecule has 246 valence electrons. The summed E-state index contributed by atoms with van der Waals surface area (Å²) in [6, 6.07) is 16.3. The molecule has 0 amide bonds. The molecule has 3 aromatic rings. The van der Waals surface area contributed by atoms with Crippen LogP contribution in [0, 0.1) is 0 Å². The van der Waals surface area contributed by atoms with E-state index >= 15 is 0 Å². The van der Waals surface area contributed by atoms with E-state index in [0.717, 1.165) is 22.3 Å². The largest absolute Gasteiger partial charge is 0.491 e. The first kappa shape index (κ1) is 34.2. The van der Waals surface area contributed by atoms with Crippen LogP contribution < -0.4 is 18.9 Å². The molecule has 45 heavy (non-hydrogen) atoms. The Morgan fingerprint density at radius 2 is 0.822 bits per heavy atom. The van der Waals surface area contributed by atoms with Gasteiger partial charge in [0.05, 0.1) is 90.2 Å². The topological polar surface area (TPSA) is 130 Å². The fourth-order valence-electron chi connectivity index (χ4n) is 4.32. The second-order valence-corrected chi connectivity index (χ2v) is 9.68. The summed E-state index contributed by atoms with van der Waals surface area (Å²) < 4.78 is 56.9. The van der Waals surface area contributed by atoms with Crippen LogP contribution in [0.5, 0.6) is 23.0 Å². The summed E-state index contributed by atoms with van der Waals surface area (Å²) >= 11 is 0. The first-order valence-corrected chi connectivity index (χ1v) is 15.1. The predicted octanol–water partition coefficient (Wildman–Crippen LogP) is 3.87. The standard InChI is InChI=1S/C33H42O12/c34-33(35)27-23-28-25-29(24-27)43-20-16-39-12-8-37-10-14-41-18-22-45-31-6-2-4-26-3-1-5-30(32(26)31)44-21-17-40-13-9-36-7-11-38-15-19-42-28/h1-6,23-25H,7-22H2,(H,34,35). The highest BCUT2D eigenvalue weighted by atomic mass is 16.6. The second-order valence-electron chi connectivity index (χ2n) is 9.68. The summed E-state index contributed by atoms with van der Waals surface area (Å²) in [5.41, 5.74) is 0.0630. The van der Waals surface area contributed by atoms with Gasteiger partial charge in [0.25, 0.3) is 0 Å². The molecule has 1 heterocycles. The van der Waals surface area contributed by atoms with Crippen LogP contribution in [0.4, 0.5) is 0 Å². The lowest BCUT2D eigenvalue weighted by molar-refractivity contribution is 0.00449. The van der Waals surface area contributed by atoms with Crippen LogP contribution in [0.2, 0.25) is 0 Å².